The fourth-order valence-corrected chi connectivity index (χ4v) is 3.77. The highest BCUT2D eigenvalue weighted by Crippen LogP contribution is 2.37. The molecule has 0 fully saturated rings. The predicted molar refractivity (Wildman–Crippen MR) is 84.9 cm³/mol. The minimum atomic E-state index is -1.28. The van der Waals surface area contributed by atoms with Crippen molar-refractivity contribution in [2.24, 2.45) is 0 Å². The lowest BCUT2D eigenvalue weighted by molar-refractivity contribution is 0.171. The molecular formula is C16H15ClO4S. The first kappa shape index (κ1) is 15.3. The smallest absolute Gasteiger partial charge is 0.162 e. The van der Waals surface area contributed by atoms with E-state index in [1.54, 1.807) is 12.1 Å². The van der Waals surface area contributed by atoms with Gasteiger partial charge in [-0.05, 0) is 11.1 Å². The summed E-state index contributed by atoms with van der Waals surface area (Å²) in [5.74, 6) is 1.52. The second-order valence-corrected chi connectivity index (χ2v) is 6.72. The van der Waals surface area contributed by atoms with E-state index in [0.29, 0.717) is 40.4 Å². The highest BCUT2D eigenvalue weighted by atomic mass is 35.5. The number of benzene rings is 2. The number of fused-ring (bicyclic) bond motifs is 1. The van der Waals surface area contributed by atoms with Crippen molar-refractivity contribution in [3.8, 4) is 11.5 Å². The van der Waals surface area contributed by atoms with Gasteiger partial charge in [-0.1, -0.05) is 35.9 Å². The van der Waals surface area contributed by atoms with Gasteiger partial charge in [-0.15, -0.1) is 0 Å². The molecule has 116 valence electrons. The molecule has 0 aromatic heterocycles. The van der Waals surface area contributed by atoms with Crippen LogP contribution in [-0.4, -0.2) is 22.5 Å². The van der Waals surface area contributed by atoms with E-state index in [1.807, 2.05) is 24.3 Å². The van der Waals surface area contributed by atoms with Gasteiger partial charge in [0.2, 0.25) is 0 Å². The first-order valence-electron chi connectivity index (χ1n) is 6.83. The maximum atomic E-state index is 12.6. The van der Waals surface area contributed by atoms with Crippen LogP contribution in [0.5, 0.6) is 11.5 Å². The summed E-state index contributed by atoms with van der Waals surface area (Å²) < 4.78 is 23.5. The molecular weight excluding hydrogens is 324 g/mol. The van der Waals surface area contributed by atoms with Gasteiger partial charge in [0.15, 0.2) is 11.5 Å². The lowest BCUT2D eigenvalue weighted by atomic mass is 10.2. The van der Waals surface area contributed by atoms with Crippen molar-refractivity contribution in [2.75, 3.05) is 13.2 Å². The number of halogens is 1. The molecule has 3 rings (SSSR count). The number of ether oxygens (including phenoxy) is 2. The van der Waals surface area contributed by atoms with E-state index >= 15 is 0 Å². The minimum absolute atomic E-state index is 0.00262. The normalized spacial score (nSPS) is 14.6. The Balaban J connectivity index is 1.82. The topological polar surface area (TPSA) is 55.8 Å². The third kappa shape index (κ3) is 3.27. The largest absolute Gasteiger partial charge is 0.486 e. The van der Waals surface area contributed by atoms with Crippen LogP contribution < -0.4 is 9.47 Å². The molecule has 1 heterocycles. The molecule has 1 aliphatic heterocycles. The van der Waals surface area contributed by atoms with E-state index in [0.717, 1.165) is 11.1 Å². The molecule has 0 saturated carbocycles. The Bertz CT molecular complexity index is 700. The Morgan fingerprint density at radius 1 is 1.05 bits per heavy atom. The van der Waals surface area contributed by atoms with Crippen molar-refractivity contribution in [3.05, 3.63) is 52.5 Å². The summed E-state index contributed by atoms with van der Waals surface area (Å²) in [6, 6.07) is 10.7. The Hall–Kier alpha value is -1.56. The third-order valence-electron chi connectivity index (χ3n) is 3.35. The van der Waals surface area contributed by atoms with Gasteiger partial charge in [-0.25, -0.2) is 0 Å². The number of rotatable bonds is 4. The molecule has 1 aliphatic rings. The first-order chi connectivity index (χ1) is 10.7. The molecule has 0 unspecified atom stereocenters. The number of hydrogen-bond donors (Lipinski definition) is 1. The highest BCUT2D eigenvalue weighted by Gasteiger charge is 2.18. The SMILES string of the molecule is O=[S@](Cc1ccc(CO)cc1)c1cc2c(cc1Cl)OCCO2. The van der Waals surface area contributed by atoms with E-state index in [9.17, 15) is 4.21 Å². The molecule has 6 heteroatoms. The van der Waals surface area contributed by atoms with E-state index in [4.69, 9.17) is 26.2 Å². The summed E-state index contributed by atoms with van der Waals surface area (Å²) in [7, 11) is -1.28. The molecule has 0 aliphatic carbocycles. The Morgan fingerprint density at radius 2 is 1.64 bits per heavy atom. The van der Waals surface area contributed by atoms with Crippen LogP contribution in [0.15, 0.2) is 41.3 Å². The van der Waals surface area contributed by atoms with Gasteiger partial charge in [-0.2, -0.15) is 0 Å². The van der Waals surface area contributed by atoms with Crippen molar-refractivity contribution >= 4 is 22.4 Å². The van der Waals surface area contributed by atoms with Crippen LogP contribution in [0.3, 0.4) is 0 Å². The van der Waals surface area contributed by atoms with E-state index in [-0.39, 0.29) is 6.61 Å². The van der Waals surface area contributed by atoms with Crippen molar-refractivity contribution in [3.63, 3.8) is 0 Å². The summed E-state index contributed by atoms with van der Waals surface area (Å²) in [4.78, 5) is 0.539. The molecule has 2 aromatic rings. The van der Waals surface area contributed by atoms with Crippen molar-refractivity contribution in [1.29, 1.82) is 0 Å². The molecule has 1 N–H and O–H groups in total. The Labute approximate surface area is 136 Å². The molecule has 2 aromatic carbocycles. The lowest BCUT2D eigenvalue weighted by Crippen LogP contribution is -2.15. The predicted octanol–water partition coefficient (Wildman–Crippen LogP) is 2.91. The third-order valence-corrected chi connectivity index (χ3v) is 5.19. The fraction of sp³-hybridized carbons (Fsp3) is 0.250. The van der Waals surface area contributed by atoms with E-state index in [1.165, 1.54) is 0 Å². The van der Waals surface area contributed by atoms with Crippen LogP contribution in [0.2, 0.25) is 5.02 Å². The standard InChI is InChI=1S/C16H15ClO4S/c17-13-7-14-15(21-6-5-20-14)8-16(13)22(19)10-12-3-1-11(9-18)2-4-12/h1-4,7-8,18H,5-6,9-10H2/t22-/m1/s1. The van der Waals surface area contributed by atoms with Gasteiger partial charge < -0.3 is 14.6 Å². The van der Waals surface area contributed by atoms with Crippen LogP contribution in [-0.2, 0) is 23.2 Å². The van der Waals surface area contributed by atoms with Crippen molar-refractivity contribution < 1.29 is 18.8 Å². The number of aliphatic hydroxyl groups is 1. The van der Waals surface area contributed by atoms with E-state index < -0.39 is 10.8 Å². The van der Waals surface area contributed by atoms with Crippen molar-refractivity contribution in [2.45, 2.75) is 17.3 Å². The molecule has 0 amide bonds. The zero-order valence-corrected chi connectivity index (χ0v) is 13.3. The number of hydrogen-bond acceptors (Lipinski definition) is 4. The molecule has 22 heavy (non-hydrogen) atoms. The molecule has 0 bridgehead atoms. The van der Waals surface area contributed by atoms with Gasteiger partial charge in [0.25, 0.3) is 0 Å². The summed E-state index contributed by atoms with van der Waals surface area (Å²) in [5.41, 5.74) is 1.74. The van der Waals surface area contributed by atoms with Gasteiger partial charge in [0, 0.05) is 12.1 Å². The first-order valence-corrected chi connectivity index (χ1v) is 8.53. The van der Waals surface area contributed by atoms with Gasteiger partial charge in [-0.3, -0.25) is 4.21 Å². The van der Waals surface area contributed by atoms with Gasteiger partial charge >= 0.3 is 0 Å². The second kappa shape index (κ2) is 6.69. The average Bonchev–Trinajstić information content (AvgIpc) is 2.54. The zero-order valence-electron chi connectivity index (χ0n) is 11.8. The van der Waals surface area contributed by atoms with Gasteiger partial charge in [0.05, 0.1) is 33.1 Å². The van der Waals surface area contributed by atoms with Crippen LogP contribution in [0.25, 0.3) is 0 Å². The Morgan fingerprint density at radius 3 is 2.27 bits per heavy atom. The lowest BCUT2D eigenvalue weighted by Gasteiger charge is -2.19. The minimum Gasteiger partial charge on any atom is -0.486 e. The quantitative estimate of drug-likeness (QED) is 0.931. The summed E-state index contributed by atoms with van der Waals surface area (Å²) in [6.07, 6.45) is 0. The van der Waals surface area contributed by atoms with Crippen LogP contribution in [0.1, 0.15) is 11.1 Å². The Kier molecular flexibility index (Phi) is 4.66. The monoisotopic (exact) mass is 338 g/mol. The second-order valence-electron chi connectivity index (χ2n) is 4.89. The van der Waals surface area contributed by atoms with Crippen LogP contribution in [0, 0.1) is 0 Å². The molecule has 0 spiro atoms. The van der Waals surface area contributed by atoms with Crippen molar-refractivity contribution in [1.82, 2.24) is 0 Å². The summed E-state index contributed by atoms with van der Waals surface area (Å²) in [6.45, 7) is 0.962. The maximum absolute atomic E-state index is 12.6. The van der Waals surface area contributed by atoms with Crippen LogP contribution in [0.4, 0.5) is 0 Å². The zero-order chi connectivity index (χ0) is 15.5. The summed E-state index contributed by atoms with van der Waals surface area (Å²) >= 11 is 6.21. The van der Waals surface area contributed by atoms with E-state index in [2.05, 4.69) is 0 Å². The molecule has 0 saturated heterocycles. The van der Waals surface area contributed by atoms with Crippen LogP contribution >= 0.6 is 11.6 Å². The molecule has 1 atom stereocenters. The fourth-order valence-electron chi connectivity index (χ4n) is 2.19. The molecule has 4 nitrogen and oxygen atoms in total. The average molecular weight is 339 g/mol. The van der Waals surface area contributed by atoms with Gasteiger partial charge in [0.1, 0.15) is 13.2 Å². The maximum Gasteiger partial charge on any atom is 0.162 e. The highest BCUT2D eigenvalue weighted by molar-refractivity contribution is 7.84. The number of aliphatic hydroxyl groups excluding tert-OH is 1. The summed E-state index contributed by atoms with van der Waals surface area (Å²) in [5, 5.41) is 9.45. The molecule has 0 radical (unpaired) electrons.